The first-order chi connectivity index (χ1) is 19.4. The SMILES string of the molecule is c1ccc(-n2c3ccccc3c3cc(-n4c5cccnc5c5c6sc7ccccc7c6ccc54)ccc32)cc1. The summed E-state index contributed by atoms with van der Waals surface area (Å²) in [5, 5.41) is 6.34. The van der Waals surface area contributed by atoms with Gasteiger partial charge in [0.15, 0.2) is 0 Å². The van der Waals surface area contributed by atoms with Gasteiger partial charge in [0.1, 0.15) is 0 Å². The summed E-state index contributed by atoms with van der Waals surface area (Å²) in [5.41, 5.74) is 8.11. The highest BCUT2D eigenvalue weighted by Gasteiger charge is 2.19. The zero-order valence-corrected chi connectivity index (χ0v) is 21.7. The molecule has 3 nitrogen and oxygen atoms in total. The number of nitrogens with zero attached hydrogens (tertiary/aromatic N) is 3. The van der Waals surface area contributed by atoms with Gasteiger partial charge in [0.2, 0.25) is 0 Å². The van der Waals surface area contributed by atoms with Crippen molar-refractivity contribution in [1.29, 1.82) is 0 Å². The van der Waals surface area contributed by atoms with Crippen molar-refractivity contribution in [2.45, 2.75) is 0 Å². The van der Waals surface area contributed by atoms with Gasteiger partial charge in [-0.3, -0.25) is 4.98 Å². The molecule has 0 bridgehead atoms. The number of pyridine rings is 1. The van der Waals surface area contributed by atoms with Crippen LogP contribution in [-0.2, 0) is 0 Å². The summed E-state index contributed by atoms with van der Waals surface area (Å²) in [6.45, 7) is 0. The Hall–Kier alpha value is -4.93. The van der Waals surface area contributed by atoms with Crippen molar-refractivity contribution in [3.8, 4) is 11.4 Å². The Bertz CT molecular complexity index is 2390. The lowest BCUT2D eigenvalue weighted by atomic mass is 10.1. The molecule has 0 atom stereocenters. The molecule has 0 aliphatic rings. The zero-order valence-electron chi connectivity index (χ0n) is 20.9. The van der Waals surface area contributed by atoms with E-state index in [9.17, 15) is 0 Å². The molecule has 0 amide bonds. The summed E-state index contributed by atoms with van der Waals surface area (Å²) in [6.07, 6.45) is 1.91. The van der Waals surface area contributed by atoms with Crippen molar-refractivity contribution in [2.24, 2.45) is 0 Å². The zero-order chi connectivity index (χ0) is 25.5. The molecule has 4 aromatic heterocycles. The van der Waals surface area contributed by atoms with Crippen LogP contribution in [0.5, 0.6) is 0 Å². The number of rotatable bonds is 2. The number of hydrogen-bond acceptors (Lipinski definition) is 2. The highest BCUT2D eigenvalue weighted by Crippen LogP contribution is 2.43. The molecule has 5 aromatic carbocycles. The van der Waals surface area contributed by atoms with E-state index >= 15 is 0 Å². The van der Waals surface area contributed by atoms with Crippen LogP contribution in [0, 0.1) is 0 Å². The summed E-state index contributed by atoms with van der Waals surface area (Å²) >= 11 is 1.86. The monoisotopic (exact) mass is 515 g/mol. The highest BCUT2D eigenvalue weighted by molar-refractivity contribution is 7.26. The summed E-state index contributed by atoms with van der Waals surface area (Å²) in [4.78, 5) is 4.91. The van der Waals surface area contributed by atoms with Crippen LogP contribution in [0.3, 0.4) is 0 Å². The van der Waals surface area contributed by atoms with Gasteiger partial charge >= 0.3 is 0 Å². The standard InChI is InChI=1S/C35H21N3S/c1-2-9-22(10-3-1)37-28-13-6-4-11-24(28)27-21-23(16-18-29(27)37)38-30-19-17-26-25-12-5-7-15-32(25)39-35(26)33(30)34-31(38)14-8-20-36-34/h1-21H. The minimum absolute atomic E-state index is 1.05. The molecule has 0 saturated heterocycles. The van der Waals surface area contributed by atoms with Crippen LogP contribution >= 0.6 is 11.3 Å². The van der Waals surface area contributed by atoms with E-state index < -0.39 is 0 Å². The summed E-state index contributed by atoms with van der Waals surface area (Å²) in [5.74, 6) is 0. The Morgan fingerprint density at radius 3 is 2.13 bits per heavy atom. The van der Waals surface area contributed by atoms with Crippen molar-refractivity contribution in [3.63, 3.8) is 0 Å². The second-order valence-electron chi connectivity index (χ2n) is 10.0. The topological polar surface area (TPSA) is 22.8 Å². The molecule has 0 fully saturated rings. The van der Waals surface area contributed by atoms with E-state index in [1.807, 2.05) is 23.6 Å². The summed E-state index contributed by atoms with van der Waals surface area (Å²) in [6, 6.07) is 43.7. The van der Waals surface area contributed by atoms with Gasteiger partial charge in [-0.2, -0.15) is 0 Å². The van der Waals surface area contributed by atoms with Crippen molar-refractivity contribution >= 4 is 75.3 Å². The second kappa shape index (κ2) is 7.79. The van der Waals surface area contributed by atoms with E-state index in [-0.39, 0.29) is 0 Å². The van der Waals surface area contributed by atoms with E-state index in [2.05, 4.69) is 124 Å². The molecule has 4 heterocycles. The van der Waals surface area contributed by atoms with Gasteiger partial charge < -0.3 is 9.13 Å². The number of para-hydroxylation sites is 2. The number of aromatic nitrogens is 3. The molecule has 9 aromatic rings. The van der Waals surface area contributed by atoms with E-state index in [1.165, 1.54) is 58.6 Å². The van der Waals surface area contributed by atoms with E-state index in [0.717, 1.165) is 16.7 Å². The van der Waals surface area contributed by atoms with E-state index in [0.29, 0.717) is 0 Å². The molecular formula is C35H21N3S. The molecule has 182 valence electrons. The number of benzene rings is 5. The quantitative estimate of drug-likeness (QED) is 0.225. The van der Waals surface area contributed by atoms with Crippen LogP contribution in [0.15, 0.2) is 128 Å². The Morgan fingerprint density at radius 1 is 0.487 bits per heavy atom. The lowest BCUT2D eigenvalue weighted by Crippen LogP contribution is -1.95. The molecule has 0 spiro atoms. The van der Waals surface area contributed by atoms with Gasteiger partial charge in [-0.1, -0.05) is 60.7 Å². The molecule has 9 rings (SSSR count). The molecule has 0 N–H and O–H groups in total. The van der Waals surface area contributed by atoms with E-state index in [4.69, 9.17) is 4.98 Å². The average molecular weight is 516 g/mol. The normalized spacial score (nSPS) is 12.1. The molecule has 0 radical (unpaired) electrons. The van der Waals surface area contributed by atoms with Crippen LogP contribution in [-0.4, -0.2) is 14.1 Å². The second-order valence-corrected chi connectivity index (χ2v) is 11.1. The maximum atomic E-state index is 4.91. The maximum Gasteiger partial charge on any atom is 0.0977 e. The van der Waals surface area contributed by atoms with Crippen molar-refractivity contribution in [3.05, 3.63) is 128 Å². The molecule has 0 aliphatic carbocycles. The third-order valence-electron chi connectivity index (χ3n) is 7.96. The highest BCUT2D eigenvalue weighted by atomic mass is 32.1. The molecule has 0 saturated carbocycles. The fourth-order valence-corrected chi connectivity index (χ4v) is 7.57. The molecular weight excluding hydrogens is 494 g/mol. The average Bonchev–Trinajstić information content (AvgIpc) is 3.65. The van der Waals surface area contributed by atoms with Gasteiger partial charge in [0.05, 0.1) is 27.6 Å². The Kier molecular flexibility index (Phi) is 4.21. The van der Waals surface area contributed by atoms with E-state index in [1.54, 1.807) is 0 Å². The van der Waals surface area contributed by atoms with Gasteiger partial charge in [-0.15, -0.1) is 11.3 Å². The van der Waals surface area contributed by atoms with Crippen LogP contribution in [0.4, 0.5) is 0 Å². The van der Waals surface area contributed by atoms with Crippen LogP contribution in [0.25, 0.3) is 75.3 Å². The predicted octanol–water partition coefficient (Wildman–Crippen LogP) is 9.64. The van der Waals surface area contributed by atoms with Crippen molar-refractivity contribution < 1.29 is 0 Å². The first-order valence-electron chi connectivity index (χ1n) is 13.2. The van der Waals surface area contributed by atoms with Crippen LogP contribution < -0.4 is 0 Å². The lowest BCUT2D eigenvalue weighted by molar-refractivity contribution is 1.16. The molecule has 39 heavy (non-hydrogen) atoms. The number of fused-ring (bicyclic) bond motifs is 10. The van der Waals surface area contributed by atoms with Gasteiger partial charge in [-0.05, 0) is 60.7 Å². The minimum atomic E-state index is 1.05. The summed E-state index contributed by atoms with van der Waals surface area (Å²) < 4.78 is 7.36. The number of thiophene rings is 1. The third kappa shape index (κ3) is 2.84. The molecule has 4 heteroatoms. The Labute approximate surface area is 227 Å². The largest absolute Gasteiger partial charge is 0.309 e. The first kappa shape index (κ1) is 21.1. The smallest absolute Gasteiger partial charge is 0.0977 e. The van der Waals surface area contributed by atoms with Gasteiger partial charge in [-0.25, -0.2) is 0 Å². The fourth-order valence-electron chi connectivity index (χ4n) is 6.33. The lowest BCUT2D eigenvalue weighted by Gasteiger charge is -2.10. The Morgan fingerprint density at radius 2 is 1.21 bits per heavy atom. The van der Waals surface area contributed by atoms with Gasteiger partial charge in [0, 0.05) is 53.9 Å². The molecule has 0 aliphatic heterocycles. The predicted molar refractivity (Wildman–Crippen MR) is 166 cm³/mol. The van der Waals surface area contributed by atoms with Gasteiger partial charge in [0.25, 0.3) is 0 Å². The molecule has 0 unspecified atom stereocenters. The first-order valence-corrected chi connectivity index (χ1v) is 14.0. The van der Waals surface area contributed by atoms with Crippen LogP contribution in [0.1, 0.15) is 0 Å². The fraction of sp³-hybridized carbons (Fsp3) is 0. The maximum absolute atomic E-state index is 4.91. The minimum Gasteiger partial charge on any atom is -0.309 e. The van der Waals surface area contributed by atoms with Crippen LogP contribution in [0.2, 0.25) is 0 Å². The summed E-state index contributed by atoms with van der Waals surface area (Å²) in [7, 11) is 0. The van der Waals surface area contributed by atoms with Crippen molar-refractivity contribution in [2.75, 3.05) is 0 Å². The third-order valence-corrected chi connectivity index (χ3v) is 9.16. The van der Waals surface area contributed by atoms with Crippen molar-refractivity contribution in [1.82, 2.24) is 14.1 Å². The Balaban J connectivity index is 1.39. The number of hydrogen-bond donors (Lipinski definition) is 0.